The molecule has 2 nitrogen and oxygen atoms in total. The molecule has 0 fully saturated rings. The van der Waals surface area contributed by atoms with E-state index in [0.29, 0.717) is 0 Å². The smallest absolute Gasteiger partial charge is 0.0721 e. The van der Waals surface area contributed by atoms with Gasteiger partial charge in [-0.3, -0.25) is 0 Å². The number of hydrogen-bond acceptors (Lipinski definition) is 2. The number of aromatic carboxylic acids is 1. The Morgan fingerprint density at radius 2 is 1.80 bits per heavy atom. The van der Waals surface area contributed by atoms with Crippen LogP contribution in [0.5, 0.6) is 0 Å². The van der Waals surface area contributed by atoms with Gasteiger partial charge in [-0.1, -0.05) is 43.3 Å². The van der Waals surface area contributed by atoms with Gasteiger partial charge in [-0.05, 0) is 22.8 Å². The molecule has 0 aliphatic rings. The lowest BCUT2D eigenvalue weighted by atomic mass is 9.98. The Kier molecular flexibility index (Phi) is 2.42. The van der Waals surface area contributed by atoms with E-state index in [1.165, 1.54) is 0 Å². The summed E-state index contributed by atoms with van der Waals surface area (Å²) in [6.45, 7) is 2.06. The summed E-state index contributed by atoms with van der Waals surface area (Å²) in [6, 6.07) is 11.0. The molecule has 15 heavy (non-hydrogen) atoms. The predicted octanol–water partition coefficient (Wildman–Crippen LogP) is 1.77. The van der Waals surface area contributed by atoms with Crippen LogP contribution in [-0.2, 0) is 6.42 Å². The zero-order chi connectivity index (χ0) is 10.8. The standard InChI is InChI=1S/C13H12O2/c1-2-9-7-8-12(13(14)15)11-6-4-3-5-10(9)11/h3-8H,2H2,1H3,(H,14,15)/p-1. The van der Waals surface area contributed by atoms with Crippen molar-refractivity contribution in [1.29, 1.82) is 0 Å². The number of rotatable bonds is 2. The third kappa shape index (κ3) is 1.59. The van der Waals surface area contributed by atoms with Crippen molar-refractivity contribution in [3.8, 4) is 0 Å². The quantitative estimate of drug-likeness (QED) is 0.739. The molecule has 76 valence electrons. The third-order valence-electron chi connectivity index (χ3n) is 2.62. The molecule has 0 saturated carbocycles. The third-order valence-corrected chi connectivity index (χ3v) is 2.62. The van der Waals surface area contributed by atoms with E-state index in [1.807, 2.05) is 30.3 Å². The SMILES string of the molecule is CCc1ccc(C(=O)[O-])c2ccccc12. The highest BCUT2D eigenvalue weighted by Gasteiger charge is 2.04. The fraction of sp³-hybridized carbons (Fsp3) is 0.154. The van der Waals surface area contributed by atoms with Gasteiger partial charge < -0.3 is 9.90 Å². The highest BCUT2D eigenvalue weighted by molar-refractivity contribution is 6.03. The van der Waals surface area contributed by atoms with E-state index in [-0.39, 0.29) is 5.56 Å². The first-order chi connectivity index (χ1) is 7.24. The minimum atomic E-state index is -1.12. The van der Waals surface area contributed by atoms with E-state index in [2.05, 4.69) is 6.92 Å². The molecule has 0 atom stereocenters. The van der Waals surface area contributed by atoms with Crippen LogP contribution in [0.2, 0.25) is 0 Å². The van der Waals surface area contributed by atoms with Crippen LogP contribution >= 0.6 is 0 Å². The molecule has 2 aromatic carbocycles. The van der Waals surface area contributed by atoms with Gasteiger partial charge >= 0.3 is 0 Å². The van der Waals surface area contributed by atoms with Gasteiger partial charge in [0.2, 0.25) is 0 Å². The number of carboxylic acid groups (broad SMARTS) is 1. The maximum atomic E-state index is 10.9. The van der Waals surface area contributed by atoms with Crippen LogP contribution in [0.3, 0.4) is 0 Å². The van der Waals surface area contributed by atoms with Crippen LogP contribution in [0.4, 0.5) is 0 Å². The van der Waals surface area contributed by atoms with Crippen molar-refractivity contribution in [2.24, 2.45) is 0 Å². The molecule has 0 N–H and O–H groups in total. The van der Waals surface area contributed by atoms with Gasteiger partial charge in [-0.25, -0.2) is 0 Å². The van der Waals surface area contributed by atoms with Gasteiger partial charge in [-0.15, -0.1) is 0 Å². The summed E-state index contributed by atoms with van der Waals surface area (Å²) in [5, 5.41) is 12.7. The second-order valence-electron chi connectivity index (χ2n) is 3.46. The van der Waals surface area contributed by atoms with Crippen molar-refractivity contribution >= 4 is 16.7 Å². The van der Waals surface area contributed by atoms with Crippen molar-refractivity contribution in [3.05, 3.63) is 47.5 Å². The fourth-order valence-electron chi connectivity index (χ4n) is 1.85. The lowest BCUT2D eigenvalue weighted by molar-refractivity contribution is -0.254. The summed E-state index contributed by atoms with van der Waals surface area (Å²) < 4.78 is 0. The number of aryl methyl sites for hydroxylation is 1. The van der Waals surface area contributed by atoms with Crippen molar-refractivity contribution in [2.45, 2.75) is 13.3 Å². The molecule has 0 spiro atoms. The molecule has 0 radical (unpaired) electrons. The molecular weight excluding hydrogens is 188 g/mol. The lowest BCUT2D eigenvalue weighted by Gasteiger charge is -2.10. The molecule has 0 bridgehead atoms. The number of fused-ring (bicyclic) bond motifs is 1. The summed E-state index contributed by atoms with van der Waals surface area (Å²) in [4.78, 5) is 10.9. The maximum absolute atomic E-state index is 10.9. The summed E-state index contributed by atoms with van der Waals surface area (Å²) >= 11 is 0. The molecule has 0 heterocycles. The van der Waals surface area contributed by atoms with E-state index in [1.54, 1.807) is 6.07 Å². The highest BCUT2D eigenvalue weighted by atomic mass is 16.4. The average molecular weight is 199 g/mol. The minimum absolute atomic E-state index is 0.266. The number of hydrogen-bond donors (Lipinski definition) is 0. The first kappa shape index (κ1) is 9.71. The van der Waals surface area contributed by atoms with Gasteiger partial charge in [0.1, 0.15) is 0 Å². The summed E-state index contributed by atoms with van der Waals surface area (Å²) in [7, 11) is 0. The van der Waals surface area contributed by atoms with Crippen molar-refractivity contribution < 1.29 is 9.90 Å². The van der Waals surface area contributed by atoms with Crippen LogP contribution in [-0.4, -0.2) is 5.97 Å². The monoisotopic (exact) mass is 199 g/mol. The van der Waals surface area contributed by atoms with E-state index in [0.717, 1.165) is 22.8 Å². The lowest BCUT2D eigenvalue weighted by Crippen LogP contribution is -2.22. The van der Waals surface area contributed by atoms with Gasteiger partial charge in [0.25, 0.3) is 0 Å². The molecule has 0 amide bonds. The Morgan fingerprint density at radius 1 is 1.13 bits per heavy atom. The molecule has 2 rings (SSSR count). The molecule has 0 aromatic heterocycles. The molecule has 2 heteroatoms. The molecule has 2 aromatic rings. The summed E-state index contributed by atoms with van der Waals surface area (Å²) in [5.41, 5.74) is 1.43. The summed E-state index contributed by atoms with van der Waals surface area (Å²) in [5.74, 6) is -1.12. The number of benzene rings is 2. The van der Waals surface area contributed by atoms with Crippen LogP contribution in [0.15, 0.2) is 36.4 Å². The average Bonchev–Trinajstić information content (AvgIpc) is 2.27. The van der Waals surface area contributed by atoms with Crippen molar-refractivity contribution in [1.82, 2.24) is 0 Å². The minimum Gasteiger partial charge on any atom is -0.545 e. The topological polar surface area (TPSA) is 40.1 Å². The predicted molar refractivity (Wildman–Crippen MR) is 57.7 cm³/mol. The Morgan fingerprint density at radius 3 is 2.40 bits per heavy atom. The second kappa shape index (κ2) is 3.73. The zero-order valence-corrected chi connectivity index (χ0v) is 8.49. The fourth-order valence-corrected chi connectivity index (χ4v) is 1.85. The highest BCUT2D eigenvalue weighted by Crippen LogP contribution is 2.22. The van der Waals surface area contributed by atoms with Crippen LogP contribution in [0, 0.1) is 0 Å². The van der Waals surface area contributed by atoms with Crippen molar-refractivity contribution in [2.75, 3.05) is 0 Å². The van der Waals surface area contributed by atoms with Gasteiger partial charge in [0.15, 0.2) is 0 Å². The van der Waals surface area contributed by atoms with Crippen LogP contribution in [0.1, 0.15) is 22.8 Å². The first-order valence-electron chi connectivity index (χ1n) is 4.96. The van der Waals surface area contributed by atoms with Crippen LogP contribution in [0.25, 0.3) is 10.8 Å². The van der Waals surface area contributed by atoms with E-state index in [9.17, 15) is 9.90 Å². The molecule has 0 unspecified atom stereocenters. The largest absolute Gasteiger partial charge is 0.545 e. The van der Waals surface area contributed by atoms with Gasteiger partial charge in [0, 0.05) is 5.56 Å². The molecule has 0 aliphatic carbocycles. The maximum Gasteiger partial charge on any atom is 0.0721 e. The van der Waals surface area contributed by atoms with Gasteiger partial charge in [0.05, 0.1) is 5.97 Å². The molecular formula is C13H11O2-. The van der Waals surface area contributed by atoms with E-state index < -0.39 is 5.97 Å². The Hall–Kier alpha value is -1.83. The first-order valence-corrected chi connectivity index (χ1v) is 4.96. The number of carbonyl (C=O) groups excluding carboxylic acids is 1. The zero-order valence-electron chi connectivity index (χ0n) is 8.49. The molecule has 0 saturated heterocycles. The number of carboxylic acids is 1. The molecule has 0 aliphatic heterocycles. The van der Waals surface area contributed by atoms with E-state index >= 15 is 0 Å². The second-order valence-corrected chi connectivity index (χ2v) is 3.46. The van der Waals surface area contributed by atoms with Crippen molar-refractivity contribution in [3.63, 3.8) is 0 Å². The van der Waals surface area contributed by atoms with Gasteiger partial charge in [-0.2, -0.15) is 0 Å². The Labute approximate surface area is 88.2 Å². The normalized spacial score (nSPS) is 10.5. The van der Waals surface area contributed by atoms with E-state index in [4.69, 9.17) is 0 Å². The Bertz CT molecular complexity index is 515. The van der Waals surface area contributed by atoms with Crippen LogP contribution < -0.4 is 5.11 Å². The number of carbonyl (C=O) groups is 1. The summed E-state index contributed by atoms with van der Waals surface area (Å²) in [6.07, 6.45) is 0.897. The Balaban J connectivity index is 2.83.